The molecule has 3 nitrogen and oxygen atoms in total. The Morgan fingerprint density at radius 1 is 1.64 bits per heavy atom. The molecule has 62 valence electrons. The summed E-state index contributed by atoms with van der Waals surface area (Å²) in [5, 5.41) is 6.94. The van der Waals surface area contributed by atoms with Gasteiger partial charge in [0.05, 0.1) is 6.20 Å². The number of nitrogens with two attached hydrogens (primary N) is 1. The van der Waals surface area contributed by atoms with Crippen LogP contribution in [0.1, 0.15) is 31.0 Å². The van der Waals surface area contributed by atoms with Crippen molar-refractivity contribution >= 4 is 0 Å². The van der Waals surface area contributed by atoms with Crippen molar-refractivity contribution in [3.05, 3.63) is 17.5 Å². The summed E-state index contributed by atoms with van der Waals surface area (Å²) < 4.78 is 0. The van der Waals surface area contributed by atoms with Gasteiger partial charge < -0.3 is 5.73 Å². The van der Waals surface area contributed by atoms with E-state index in [0.717, 1.165) is 6.42 Å². The van der Waals surface area contributed by atoms with Crippen LogP contribution in [0.15, 0.2) is 6.20 Å². The highest BCUT2D eigenvalue weighted by Crippen LogP contribution is 2.16. The van der Waals surface area contributed by atoms with Crippen molar-refractivity contribution in [3.63, 3.8) is 0 Å². The third-order valence-corrected chi connectivity index (χ3v) is 1.77. The molecule has 3 N–H and O–H groups in total. The van der Waals surface area contributed by atoms with Crippen LogP contribution in [0.5, 0.6) is 0 Å². The lowest BCUT2D eigenvalue weighted by Crippen LogP contribution is -2.05. The maximum atomic E-state index is 5.44. The first-order chi connectivity index (χ1) is 5.25. The van der Waals surface area contributed by atoms with E-state index in [1.54, 1.807) is 0 Å². The van der Waals surface area contributed by atoms with Gasteiger partial charge in [-0.15, -0.1) is 0 Å². The second kappa shape index (κ2) is 3.53. The molecule has 0 aliphatic heterocycles. The average molecular weight is 153 g/mol. The van der Waals surface area contributed by atoms with Crippen molar-refractivity contribution in [1.29, 1.82) is 0 Å². The molecule has 0 aliphatic carbocycles. The van der Waals surface area contributed by atoms with Crippen molar-refractivity contribution in [1.82, 2.24) is 10.2 Å². The first-order valence-corrected chi connectivity index (χ1v) is 3.98. The van der Waals surface area contributed by atoms with Gasteiger partial charge in [-0.05, 0) is 18.0 Å². The van der Waals surface area contributed by atoms with Crippen LogP contribution in [0.4, 0.5) is 0 Å². The molecular weight excluding hydrogens is 138 g/mol. The van der Waals surface area contributed by atoms with E-state index in [1.807, 2.05) is 6.20 Å². The fourth-order valence-corrected chi connectivity index (χ4v) is 1.16. The second-order valence-corrected chi connectivity index (χ2v) is 3.00. The van der Waals surface area contributed by atoms with Gasteiger partial charge in [0.25, 0.3) is 0 Å². The largest absolute Gasteiger partial charge is 0.330 e. The molecule has 0 amide bonds. The Bertz CT molecular complexity index is 215. The van der Waals surface area contributed by atoms with Crippen molar-refractivity contribution in [3.8, 4) is 0 Å². The lowest BCUT2D eigenvalue weighted by Gasteiger charge is -2.03. The maximum absolute atomic E-state index is 5.44. The van der Waals surface area contributed by atoms with Gasteiger partial charge in [0.2, 0.25) is 0 Å². The molecule has 0 bridgehead atoms. The van der Waals surface area contributed by atoms with Crippen LogP contribution in [0.3, 0.4) is 0 Å². The Balaban J connectivity index is 2.78. The number of nitrogens with zero attached hydrogens (tertiary/aromatic N) is 1. The molecule has 0 aromatic carbocycles. The van der Waals surface area contributed by atoms with Crippen LogP contribution < -0.4 is 5.73 Å². The number of hydrogen-bond acceptors (Lipinski definition) is 2. The minimum atomic E-state index is 0.537. The molecule has 0 fully saturated rings. The number of aromatic nitrogens is 2. The van der Waals surface area contributed by atoms with E-state index in [-0.39, 0.29) is 0 Å². The van der Waals surface area contributed by atoms with E-state index in [1.165, 1.54) is 11.3 Å². The molecule has 1 heterocycles. The fraction of sp³-hybridized carbons (Fsp3) is 0.625. The SMILES string of the molecule is CC(C)c1cn[nH]c1CCN. The van der Waals surface area contributed by atoms with Gasteiger partial charge in [0, 0.05) is 12.1 Å². The summed E-state index contributed by atoms with van der Waals surface area (Å²) in [6.07, 6.45) is 2.78. The first-order valence-electron chi connectivity index (χ1n) is 3.98. The van der Waals surface area contributed by atoms with Crippen molar-refractivity contribution < 1.29 is 0 Å². The number of nitrogens with one attached hydrogen (secondary N) is 1. The summed E-state index contributed by atoms with van der Waals surface area (Å²) in [6, 6.07) is 0. The Hall–Kier alpha value is -0.830. The highest BCUT2D eigenvalue weighted by molar-refractivity contribution is 5.20. The van der Waals surface area contributed by atoms with E-state index in [4.69, 9.17) is 5.73 Å². The van der Waals surface area contributed by atoms with E-state index in [0.29, 0.717) is 12.5 Å². The van der Waals surface area contributed by atoms with Gasteiger partial charge in [-0.2, -0.15) is 5.10 Å². The molecule has 1 aromatic heterocycles. The summed E-state index contributed by atoms with van der Waals surface area (Å²) in [4.78, 5) is 0. The molecule has 1 aromatic rings. The summed E-state index contributed by atoms with van der Waals surface area (Å²) in [6.45, 7) is 5.00. The summed E-state index contributed by atoms with van der Waals surface area (Å²) in [5.41, 5.74) is 7.91. The Labute approximate surface area is 67.0 Å². The molecule has 0 radical (unpaired) electrons. The zero-order chi connectivity index (χ0) is 8.27. The van der Waals surface area contributed by atoms with Crippen molar-refractivity contribution in [2.24, 2.45) is 5.73 Å². The lowest BCUT2D eigenvalue weighted by atomic mass is 10.0. The van der Waals surface area contributed by atoms with Crippen molar-refractivity contribution in [2.75, 3.05) is 6.54 Å². The molecule has 0 saturated heterocycles. The lowest BCUT2D eigenvalue weighted by molar-refractivity contribution is 0.823. The number of aromatic amines is 1. The van der Waals surface area contributed by atoms with Crippen LogP contribution in [0.25, 0.3) is 0 Å². The normalized spacial score (nSPS) is 10.9. The Morgan fingerprint density at radius 3 is 2.91 bits per heavy atom. The monoisotopic (exact) mass is 153 g/mol. The zero-order valence-corrected chi connectivity index (χ0v) is 7.09. The average Bonchev–Trinajstić information content (AvgIpc) is 2.36. The number of H-pyrrole nitrogens is 1. The van der Waals surface area contributed by atoms with Crippen LogP contribution >= 0.6 is 0 Å². The van der Waals surface area contributed by atoms with Crippen LogP contribution in [-0.2, 0) is 6.42 Å². The minimum absolute atomic E-state index is 0.537. The predicted octanol–water partition coefficient (Wildman–Crippen LogP) is 1.03. The Kier molecular flexibility index (Phi) is 2.65. The molecule has 1 rings (SSSR count). The van der Waals surface area contributed by atoms with Crippen LogP contribution in [0.2, 0.25) is 0 Å². The van der Waals surface area contributed by atoms with E-state index < -0.39 is 0 Å². The standard InChI is InChI=1S/C8H15N3/c1-6(2)7-5-10-11-8(7)3-4-9/h5-6H,3-4,9H2,1-2H3,(H,10,11). The zero-order valence-electron chi connectivity index (χ0n) is 7.09. The van der Waals surface area contributed by atoms with E-state index in [9.17, 15) is 0 Å². The highest BCUT2D eigenvalue weighted by atomic mass is 15.1. The quantitative estimate of drug-likeness (QED) is 0.681. The third-order valence-electron chi connectivity index (χ3n) is 1.77. The Morgan fingerprint density at radius 2 is 2.36 bits per heavy atom. The van der Waals surface area contributed by atoms with Gasteiger partial charge in [-0.3, -0.25) is 5.10 Å². The van der Waals surface area contributed by atoms with Crippen LogP contribution in [-0.4, -0.2) is 16.7 Å². The van der Waals surface area contributed by atoms with E-state index in [2.05, 4.69) is 24.0 Å². The van der Waals surface area contributed by atoms with Gasteiger partial charge >= 0.3 is 0 Å². The van der Waals surface area contributed by atoms with Gasteiger partial charge in [-0.25, -0.2) is 0 Å². The van der Waals surface area contributed by atoms with E-state index >= 15 is 0 Å². The molecule has 0 atom stereocenters. The molecule has 0 unspecified atom stereocenters. The molecule has 3 heteroatoms. The molecule has 11 heavy (non-hydrogen) atoms. The molecule has 0 spiro atoms. The van der Waals surface area contributed by atoms with Crippen molar-refractivity contribution in [2.45, 2.75) is 26.2 Å². The first kappa shape index (κ1) is 8.27. The predicted molar refractivity (Wildman–Crippen MR) is 45.4 cm³/mol. The molecular formula is C8H15N3. The summed E-state index contributed by atoms with van der Waals surface area (Å²) in [7, 11) is 0. The van der Waals surface area contributed by atoms with Crippen LogP contribution in [0, 0.1) is 0 Å². The molecule has 0 saturated carbocycles. The van der Waals surface area contributed by atoms with Gasteiger partial charge in [0.15, 0.2) is 0 Å². The molecule has 0 aliphatic rings. The minimum Gasteiger partial charge on any atom is -0.330 e. The number of rotatable bonds is 3. The summed E-state index contributed by atoms with van der Waals surface area (Å²) >= 11 is 0. The topological polar surface area (TPSA) is 54.7 Å². The maximum Gasteiger partial charge on any atom is 0.0524 e. The second-order valence-electron chi connectivity index (χ2n) is 3.00. The number of hydrogen-bond donors (Lipinski definition) is 2. The highest BCUT2D eigenvalue weighted by Gasteiger charge is 2.06. The van der Waals surface area contributed by atoms with Gasteiger partial charge in [0.1, 0.15) is 0 Å². The fourth-order valence-electron chi connectivity index (χ4n) is 1.16. The smallest absolute Gasteiger partial charge is 0.0524 e. The third kappa shape index (κ3) is 1.80. The van der Waals surface area contributed by atoms with Gasteiger partial charge in [-0.1, -0.05) is 13.8 Å². The summed E-state index contributed by atoms with van der Waals surface area (Å²) in [5.74, 6) is 0.537.